The summed E-state index contributed by atoms with van der Waals surface area (Å²) in [7, 11) is 0. The zero-order chi connectivity index (χ0) is 19.2. The van der Waals surface area contributed by atoms with E-state index in [4.69, 9.17) is 0 Å². The van der Waals surface area contributed by atoms with Crippen molar-refractivity contribution in [2.75, 3.05) is 18.0 Å². The van der Waals surface area contributed by atoms with E-state index in [2.05, 4.69) is 73.5 Å². The molecule has 1 saturated heterocycles. The molecule has 0 spiro atoms. The lowest BCUT2D eigenvalue weighted by Gasteiger charge is -2.34. The van der Waals surface area contributed by atoms with Gasteiger partial charge in [-0.05, 0) is 61.1 Å². The maximum atomic E-state index is 2.52. The molecular weight excluding hydrogens is 334 g/mol. The Morgan fingerprint density at radius 1 is 1.00 bits per heavy atom. The Bertz CT molecular complexity index is 525. The normalized spacial score (nSPS) is 14.3. The van der Waals surface area contributed by atoms with Crippen molar-refractivity contribution < 1.29 is 0 Å². The smallest absolute Gasteiger partial charge is 0.0366 e. The molecule has 26 heavy (non-hydrogen) atoms. The molecular formula is C24H39NS. The maximum Gasteiger partial charge on any atom is 0.0366 e. The second-order valence-corrected chi connectivity index (χ2v) is 8.26. The molecule has 0 amide bonds. The third-order valence-corrected chi connectivity index (χ3v) is 5.55. The fourth-order valence-corrected chi connectivity index (χ4v) is 4.24. The Morgan fingerprint density at radius 2 is 1.65 bits per heavy atom. The van der Waals surface area contributed by atoms with E-state index in [0.717, 1.165) is 11.8 Å². The molecule has 0 radical (unpaired) electrons. The summed E-state index contributed by atoms with van der Waals surface area (Å²) in [6, 6.07) is 15.1. The quantitative estimate of drug-likeness (QED) is 0.519. The van der Waals surface area contributed by atoms with Crippen LogP contribution in [0.15, 0.2) is 47.8 Å². The summed E-state index contributed by atoms with van der Waals surface area (Å²) in [5.41, 5.74) is 1.39. The number of para-hydroxylation sites is 1. The summed E-state index contributed by atoms with van der Waals surface area (Å²) in [6.07, 6.45) is 6.65. The molecule has 0 aliphatic carbocycles. The largest absolute Gasteiger partial charge is 0.372 e. The van der Waals surface area contributed by atoms with Crippen molar-refractivity contribution in [3.63, 3.8) is 0 Å². The summed E-state index contributed by atoms with van der Waals surface area (Å²) in [5.74, 6) is 1.81. The van der Waals surface area contributed by atoms with Gasteiger partial charge in [-0.2, -0.15) is 0 Å². The van der Waals surface area contributed by atoms with Crippen molar-refractivity contribution in [3.05, 3.63) is 52.7 Å². The predicted octanol–water partition coefficient (Wildman–Crippen LogP) is 7.68. The van der Waals surface area contributed by atoms with Crippen LogP contribution in [0, 0.1) is 11.8 Å². The predicted molar refractivity (Wildman–Crippen MR) is 120 cm³/mol. The second-order valence-electron chi connectivity index (χ2n) is 7.22. The summed E-state index contributed by atoms with van der Waals surface area (Å²) in [5, 5.41) is 2.13. The lowest BCUT2D eigenvalue weighted by atomic mass is 9.88. The minimum Gasteiger partial charge on any atom is -0.372 e. The molecule has 0 bridgehead atoms. The first-order chi connectivity index (χ1) is 12.7. The van der Waals surface area contributed by atoms with Gasteiger partial charge in [0.25, 0.3) is 0 Å². The minimum atomic E-state index is 0.855. The number of nitrogens with zero attached hydrogens (tertiary/aromatic N) is 1. The van der Waals surface area contributed by atoms with Gasteiger partial charge in [0.05, 0.1) is 0 Å². The highest BCUT2D eigenvalue weighted by molar-refractivity contribution is 7.09. The van der Waals surface area contributed by atoms with Crippen LogP contribution in [0.25, 0.3) is 0 Å². The van der Waals surface area contributed by atoms with E-state index in [1.54, 1.807) is 0 Å². The zero-order valence-electron chi connectivity index (χ0n) is 17.6. The van der Waals surface area contributed by atoms with Gasteiger partial charge < -0.3 is 4.90 Å². The molecule has 2 heterocycles. The molecule has 2 heteroatoms. The van der Waals surface area contributed by atoms with Gasteiger partial charge in [-0.3, -0.25) is 0 Å². The average molecular weight is 374 g/mol. The van der Waals surface area contributed by atoms with Crippen molar-refractivity contribution in [1.82, 2.24) is 0 Å². The van der Waals surface area contributed by atoms with Crippen molar-refractivity contribution in [2.45, 2.75) is 66.7 Å². The molecule has 1 aromatic heterocycles. The van der Waals surface area contributed by atoms with Crippen LogP contribution in [0.5, 0.6) is 0 Å². The highest BCUT2D eigenvalue weighted by Crippen LogP contribution is 2.27. The van der Waals surface area contributed by atoms with E-state index in [1.165, 1.54) is 55.8 Å². The van der Waals surface area contributed by atoms with Gasteiger partial charge in [-0.25, -0.2) is 0 Å². The summed E-state index contributed by atoms with van der Waals surface area (Å²) < 4.78 is 0. The lowest BCUT2D eigenvalue weighted by molar-refractivity contribution is 0.338. The lowest BCUT2D eigenvalue weighted by Crippen LogP contribution is -2.33. The van der Waals surface area contributed by atoms with Crippen LogP contribution in [-0.2, 0) is 6.42 Å². The van der Waals surface area contributed by atoms with Crippen LogP contribution in [0.4, 0.5) is 5.69 Å². The van der Waals surface area contributed by atoms with Crippen molar-refractivity contribution in [1.29, 1.82) is 0 Å². The van der Waals surface area contributed by atoms with Crippen molar-refractivity contribution in [3.8, 4) is 0 Å². The molecule has 1 nitrogen and oxygen atoms in total. The van der Waals surface area contributed by atoms with Crippen LogP contribution in [0.3, 0.4) is 0 Å². The zero-order valence-corrected chi connectivity index (χ0v) is 18.4. The number of benzene rings is 1. The second kappa shape index (κ2) is 13.9. The van der Waals surface area contributed by atoms with Gasteiger partial charge in [-0.15, -0.1) is 11.3 Å². The summed E-state index contributed by atoms with van der Waals surface area (Å²) in [4.78, 5) is 4.03. The van der Waals surface area contributed by atoms with Gasteiger partial charge in [0, 0.05) is 23.7 Å². The van der Waals surface area contributed by atoms with E-state index in [1.807, 2.05) is 25.2 Å². The summed E-state index contributed by atoms with van der Waals surface area (Å²) >= 11 is 1.85. The molecule has 146 valence electrons. The molecule has 1 aliphatic rings. The highest BCUT2D eigenvalue weighted by Gasteiger charge is 2.19. The third-order valence-electron chi connectivity index (χ3n) is 4.62. The van der Waals surface area contributed by atoms with Crippen LogP contribution < -0.4 is 4.90 Å². The standard InChI is InChI=1S/C15H23N.C7H10S.C2H6/c1-13(2)12-14-8-10-16(11-9-14)15-6-4-3-5-7-15;1-2-4-7-5-3-6-8-7;1-2/h3-7,13-14H,8-12H2,1-2H3;3,5-6H,2,4H2,1H3;1-2H3. The van der Waals surface area contributed by atoms with Gasteiger partial charge in [0.1, 0.15) is 0 Å². The summed E-state index contributed by atoms with van der Waals surface area (Å²) in [6.45, 7) is 13.4. The number of rotatable bonds is 5. The first kappa shape index (κ1) is 22.8. The monoisotopic (exact) mass is 373 g/mol. The molecule has 3 rings (SSSR count). The van der Waals surface area contributed by atoms with Crippen molar-refractivity contribution in [2.24, 2.45) is 11.8 Å². The van der Waals surface area contributed by atoms with Crippen LogP contribution in [-0.4, -0.2) is 13.1 Å². The Balaban J connectivity index is 0.000000284. The number of anilines is 1. The van der Waals surface area contributed by atoms with Gasteiger partial charge in [0.15, 0.2) is 0 Å². The van der Waals surface area contributed by atoms with Crippen LogP contribution in [0.2, 0.25) is 0 Å². The Morgan fingerprint density at radius 3 is 2.15 bits per heavy atom. The number of hydrogen-bond acceptors (Lipinski definition) is 2. The highest BCUT2D eigenvalue weighted by atomic mass is 32.1. The maximum absolute atomic E-state index is 2.52. The SMILES string of the molecule is CC.CC(C)CC1CCN(c2ccccc2)CC1.CCCc1cccs1. The number of aryl methyl sites for hydroxylation is 1. The fraction of sp³-hybridized carbons (Fsp3) is 0.583. The molecule has 2 aromatic rings. The number of piperidine rings is 1. The van der Waals surface area contributed by atoms with Gasteiger partial charge in [0.2, 0.25) is 0 Å². The van der Waals surface area contributed by atoms with Crippen molar-refractivity contribution >= 4 is 17.0 Å². The van der Waals surface area contributed by atoms with E-state index in [9.17, 15) is 0 Å². The molecule has 0 saturated carbocycles. The Labute approximate surface area is 166 Å². The van der Waals surface area contributed by atoms with E-state index in [0.29, 0.717) is 0 Å². The molecule has 0 atom stereocenters. The molecule has 1 aromatic carbocycles. The minimum absolute atomic E-state index is 0.855. The van der Waals surface area contributed by atoms with E-state index >= 15 is 0 Å². The first-order valence-corrected chi connectivity index (χ1v) is 11.4. The number of hydrogen-bond donors (Lipinski definition) is 0. The van der Waals surface area contributed by atoms with Gasteiger partial charge in [-0.1, -0.05) is 65.3 Å². The molecule has 1 fully saturated rings. The van der Waals surface area contributed by atoms with Gasteiger partial charge >= 0.3 is 0 Å². The molecule has 0 N–H and O–H groups in total. The Kier molecular flexibility index (Phi) is 12.1. The van der Waals surface area contributed by atoms with Crippen LogP contribution in [0.1, 0.15) is 65.2 Å². The first-order valence-electron chi connectivity index (χ1n) is 10.5. The van der Waals surface area contributed by atoms with E-state index < -0.39 is 0 Å². The topological polar surface area (TPSA) is 3.24 Å². The molecule has 0 unspecified atom stereocenters. The Hall–Kier alpha value is -1.28. The number of thiophene rings is 1. The third kappa shape index (κ3) is 8.89. The molecule has 1 aliphatic heterocycles. The average Bonchev–Trinajstić information content (AvgIpc) is 3.18. The van der Waals surface area contributed by atoms with Crippen LogP contribution >= 0.6 is 11.3 Å². The fourth-order valence-electron chi connectivity index (χ4n) is 3.43. The van der Waals surface area contributed by atoms with E-state index in [-0.39, 0.29) is 0 Å².